The Morgan fingerprint density at radius 1 is 1.17 bits per heavy atom. The lowest BCUT2D eigenvalue weighted by molar-refractivity contribution is -0.136. The van der Waals surface area contributed by atoms with Crippen LogP contribution in [0, 0.1) is 6.92 Å². The first-order valence-electron chi connectivity index (χ1n) is 12.7. The summed E-state index contributed by atoms with van der Waals surface area (Å²) < 4.78 is 1.81. The molecular weight excluding hydrogens is 450 g/mol. The Balaban J connectivity index is 1.43. The number of aromatic nitrogens is 5. The number of carbonyl (C=O) groups is 1. The van der Waals surface area contributed by atoms with Crippen LogP contribution in [0.25, 0.3) is 28.2 Å². The molecule has 3 aromatic heterocycles. The van der Waals surface area contributed by atoms with Crippen molar-refractivity contribution >= 4 is 11.6 Å². The summed E-state index contributed by atoms with van der Waals surface area (Å²) in [5, 5.41) is 12.4. The van der Waals surface area contributed by atoms with Crippen molar-refractivity contribution in [3.05, 3.63) is 59.5 Å². The standard InChI is InChI=1S/C28H35N7O/c1-17(2)24-25(31-32-26(24)22-14-18(3)27-29-16-30-35(27)15-22)21-11-9-20(10-12-21)19(4)34(6)28(36)23-8-7-13-33(23)5/h9-12,14-17,19,23H,7-8,13H2,1-6H3,(H,31,32)/t19?,23-/m0/s1. The molecule has 0 saturated carbocycles. The highest BCUT2D eigenvalue weighted by atomic mass is 16.2. The molecule has 0 radical (unpaired) electrons. The van der Waals surface area contributed by atoms with E-state index in [0.29, 0.717) is 0 Å². The third kappa shape index (κ3) is 4.19. The van der Waals surface area contributed by atoms with Gasteiger partial charge in [0.1, 0.15) is 6.33 Å². The second kappa shape index (κ2) is 9.50. The molecule has 2 atom stereocenters. The molecule has 36 heavy (non-hydrogen) atoms. The summed E-state index contributed by atoms with van der Waals surface area (Å²) in [5.74, 6) is 0.469. The number of hydrogen-bond donors (Lipinski definition) is 1. The second-order valence-electron chi connectivity index (χ2n) is 10.3. The van der Waals surface area contributed by atoms with E-state index >= 15 is 0 Å². The topological polar surface area (TPSA) is 82.4 Å². The largest absolute Gasteiger partial charge is 0.338 e. The van der Waals surface area contributed by atoms with Crippen molar-refractivity contribution in [1.29, 1.82) is 0 Å². The lowest BCUT2D eigenvalue weighted by Crippen LogP contribution is -2.43. The second-order valence-corrected chi connectivity index (χ2v) is 10.3. The van der Waals surface area contributed by atoms with Gasteiger partial charge in [-0.2, -0.15) is 10.2 Å². The van der Waals surface area contributed by atoms with Crippen molar-refractivity contribution in [3.8, 4) is 22.5 Å². The molecule has 1 amide bonds. The fraction of sp³-hybridized carbons (Fsp3) is 0.429. The van der Waals surface area contributed by atoms with E-state index in [1.807, 2.05) is 36.6 Å². The molecule has 8 heteroatoms. The highest BCUT2D eigenvalue weighted by Crippen LogP contribution is 2.36. The van der Waals surface area contributed by atoms with Gasteiger partial charge in [-0.15, -0.1) is 0 Å². The van der Waals surface area contributed by atoms with Gasteiger partial charge in [-0.1, -0.05) is 38.1 Å². The predicted molar refractivity (Wildman–Crippen MR) is 142 cm³/mol. The number of H-pyrrole nitrogens is 1. The van der Waals surface area contributed by atoms with Gasteiger partial charge in [0.15, 0.2) is 5.65 Å². The number of amides is 1. The molecule has 1 saturated heterocycles. The minimum Gasteiger partial charge on any atom is -0.338 e. The van der Waals surface area contributed by atoms with Gasteiger partial charge < -0.3 is 4.90 Å². The monoisotopic (exact) mass is 485 g/mol. The van der Waals surface area contributed by atoms with E-state index in [1.54, 1.807) is 6.33 Å². The van der Waals surface area contributed by atoms with Crippen molar-refractivity contribution in [2.75, 3.05) is 20.6 Å². The van der Waals surface area contributed by atoms with E-state index in [0.717, 1.165) is 58.7 Å². The lowest BCUT2D eigenvalue weighted by atomic mass is 9.93. The number of likely N-dealkylation sites (tertiary alicyclic amines) is 1. The molecule has 1 aromatic carbocycles. The van der Waals surface area contributed by atoms with Gasteiger partial charge in [0, 0.05) is 29.9 Å². The van der Waals surface area contributed by atoms with Crippen LogP contribution in [-0.4, -0.2) is 67.2 Å². The highest BCUT2D eigenvalue weighted by Gasteiger charge is 2.32. The Bertz CT molecular complexity index is 1380. The van der Waals surface area contributed by atoms with E-state index in [-0.39, 0.29) is 23.9 Å². The number of nitrogens with one attached hydrogen (secondary N) is 1. The third-order valence-corrected chi connectivity index (χ3v) is 7.63. The first-order valence-corrected chi connectivity index (χ1v) is 12.7. The van der Waals surface area contributed by atoms with Crippen LogP contribution in [-0.2, 0) is 4.79 Å². The zero-order chi connectivity index (χ0) is 25.6. The number of carbonyl (C=O) groups excluding carboxylic acids is 1. The maximum Gasteiger partial charge on any atom is 0.240 e. The number of likely N-dealkylation sites (N-methyl/N-ethyl adjacent to an activating group) is 2. The van der Waals surface area contributed by atoms with Gasteiger partial charge in [-0.05, 0) is 63.4 Å². The van der Waals surface area contributed by atoms with Gasteiger partial charge in [-0.3, -0.25) is 14.8 Å². The minimum absolute atomic E-state index is 0.00255. The highest BCUT2D eigenvalue weighted by molar-refractivity contribution is 5.82. The molecule has 1 unspecified atom stereocenters. The fourth-order valence-corrected chi connectivity index (χ4v) is 5.37. The summed E-state index contributed by atoms with van der Waals surface area (Å²) >= 11 is 0. The Hall–Kier alpha value is -3.52. The Labute approximate surface area is 212 Å². The number of rotatable bonds is 6. The molecule has 0 spiro atoms. The van der Waals surface area contributed by atoms with E-state index in [1.165, 1.54) is 5.56 Å². The fourth-order valence-electron chi connectivity index (χ4n) is 5.37. The summed E-state index contributed by atoms with van der Waals surface area (Å²) in [5.41, 5.74) is 8.26. The van der Waals surface area contributed by atoms with Crippen LogP contribution in [0.5, 0.6) is 0 Å². The maximum atomic E-state index is 13.1. The number of aryl methyl sites for hydroxylation is 1. The number of aromatic amines is 1. The van der Waals surface area contributed by atoms with E-state index in [4.69, 9.17) is 5.10 Å². The maximum absolute atomic E-state index is 13.1. The molecule has 0 bridgehead atoms. The van der Waals surface area contributed by atoms with Crippen molar-refractivity contribution in [3.63, 3.8) is 0 Å². The summed E-state index contributed by atoms with van der Waals surface area (Å²) in [6, 6.07) is 10.6. The molecule has 0 aliphatic carbocycles. The van der Waals surface area contributed by atoms with Crippen LogP contribution in [0.3, 0.4) is 0 Å². The van der Waals surface area contributed by atoms with Crippen molar-refractivity contribution in [2.45, 2.75) is 58.5 Å². The zero-order valence-corrected chi connectivity index (χ0v) is 22.0. The van der Waals surface area contributed by atoms with Gasteiger partial charge in [0.2, 0.25) is 5.91 Å². The van der Waals surface area contributed by atoms with Crippen LogP contribution in [0.1, 0.15) is 62.3 Å². The Kier molecular flexibility index (Phi) is 6.38. The van der Waals surface area contributed by atoms with E-state index < -0.39 is 0 Å². The summed E-state index contributed by atoms with van der Waals surface area (Å²) in [7, 11) is 3.95. The lowest BCUT2D eigenvalue weighted by Gasteiger charge is -2.30. The van der Waals surface area contributed by atoms with Crippen LogP contribution >= 0.6 is 0 Å². The van der Waals surface area contributed by atoms with E-state index in [2.05, 4.69) is 71.2 Å². The molecule has 1 aliphatic heterocycles. The van der Waals surface area contributed by atoms with Crippen LogP contribution < -0.4 is 0 Å². The molecule has 1 aliphatic rings. The first-order chi connectivity index (χ1) is 17.3. The summed E-state index contributed by atoms with van der Waals surface area (Å²) in [6.45, 7) is 9.51. The van der Waals surface area contributed by atoms with Crippen molar-refractivity contribution < 1.29 is 4.79 Å². The van der Waals surface area contributed by atoms with Crippen LogP contribution in [0.15, 0.2) is 42.9 Å². The Morgan fingerprint density at radius 2 is 1.92 bits per heavy atom. The Morgan fingerprint density at radius 3 is 2.58 bits per heavy atom. The normalized spacial score (nSPS) is 17.2. The number of fused-ring (bicyclic) bond motifs is 1. The number of nitrogens with zero attached hydrogens (tertiary/aromatic N) is 6. The average Bonchev–Trinajstić information content (AvgIpc) is 3.62. The number of pyridine rings is 1. The minimum atomic E-state index is -0.00632. The van der Waals surface area contributed by atoms with Crippen molar-refractivity contribution in [2.24, 2.45) is 0 Å². The number of hydrogen-bond acceptors (Lipinski definition) is 5. The van der Waals surface area contributed by atoms with Crippen LogP contribution in [0.4, 0.5) is 0 Å². The SMILES string of the molecule is Cc1cc(-c2[nH]nc(-c3ccc(C(C)N(C)C(=O)[C@@H]4CCCN4C)cc3)c2C(C)C)cn2ncnc12. The molecule has 5 rings (SSSR count). The van der Waals surface area contributed by atoms with Gasteiger partial charge in [0.25, 0.3) is 0 Å². The number of benzene rings is 1. The quantitative estimate of drug-likeness (QED) is 0.423. The smallest absolute Gasteiger partial charge is 0.240 e. The molecule has 8 nitrogen and oxygen atoms in total. The molecule has 1 fully saturated rings. The van der Waals surface area contributed by atoms with Crippen LogP contribution in [0.2, 0.25) is 0 Å². The van der Waals surface area contributed by atoms with Crippen molar-refractivity contribution in [1.82, 2.24) is 34.6 Å². The molecule has 4 heterocycles. The van der Waals surface area contributed by atoms with Gasteiger partial charge in [-0.25, -0.2) is 9.50 Å². The molecule has 4 aromatic rings. The molecule has 1 N–H and O–H groups in total. The molecular formula is C28H35N7O. The average molecular weight is 486 g/mol. The molecule has 188 valence electrons. The van der Waals surface area contributed by atoms with Gasteiger partial charge in [0.05, 0.1) is 23.5 Å². The first kappa shape index (κ1) is 24.2. The summed E-state index contributed by atoms with van der Waals surface area (Å²) in [4.78, 5) is 21.4. The summed E-state index contributed by atoms with van der Waals surface area (Å²) in [6.07, 6.45) is 5.60. The third-order valence-electron chi connectivity index (χ3n) is 7.63. The predicted octanol–water partition coefficient (Wildman–Crippen LogP) is 4.83. The van der Waals surface area contributed by atoms with Gasteiger partial charge >= 0.3 is 0 Å². The zero-order valence-electron chi connectivity index (χ0n) is 22.0. The van der Waals surface area contributed by atoms with E-state index in [9.17, 15) is 4.79 Å².